The Hall–Kier alpha value is -4.48. The smallest absolute Gasteiger partial charge is 0.348 e. The van der Waals surface area contributed by atoms with Crippen LogP contribution < -0.4 is 0 Å². The minimum atomic E-state index is -0.619. The van der Waals surface area contributed by atoms with Crippen molar-refractivity contribution >= 4 is 46.0 Å². The van der Waals surface area contributed by atoms with Crippen LogP contribution >= 0.6 is 11.3 Å². The van der Waals surface area contributed by atoms with Crippen molar-refractivity contribution in [2.75, 3.05) is 13.2 Å². The Morgan fingerprint density at radius 3 is 2.33 bits per heavy atom. The Balaban J connectivity index is 1.82. The number of benzene rings is 2. The summed E-state index contributed by atoms with van der Waals surface area (Å²) in [5.74, 6) is -1.66. The number of nitrogens with zero attached hydrogens (tertiary/aromatic N) is 1. The number of carbonyl (C=O) groups is 3. The highest BCUT2D eigenvalue weighted by molar-refractivity contribution is 7.14. The van der Waals surface area contributed by atoms with Crippen molar-refractivity contribution in [3.05, 3.63) is 85.6 Å². The van der Waals surface area contributed by atoms with Gasteiger partial charge in [0.25, 0.3) is 0 Å². The van der Waals surface area contributed by atoms with Gasteiger partial charge in [-0.2, -0.15) is 5.26 Å². The average Bonchev–Trinajstić information content (AvgIpc) is 3.45. The van der Waals surface area contributed by atoms with E-state index in [9.17, 15) is 19.6 Å². The van der Waals surface area contributed by atoms with Gasteiger partial charge in [-0.25, -0.2) is 9.59 Å². The van der Waals surface area contributed by atoms with Gasteiger partial charge in [-0.3, -0.25) is 4.79 Å². The third-order valence-electron chi connectivity index (χ3n) is 6.54. The summed E-state index contributed by atoms with van der Waals surface area (Å²) < 4.78 is 10.4. The lowest BCUT2D eigenvalue weighted by atomic mass is 9.98. The number of Topliss-reactive ketones (excluding diaryl/α,β-unsaturated/α-hetero) is 1. The van der Waals surface area contributed by atoms with E-state index in [0.29, 0.717) is 10.4 Å². The fourth-order valence-corrected chi connectivity index (χ4v) is 5.96. The molecule has 0 aliphatic carbocycles. The largest absolute Gasteiger partial charge is 0.462 e. The van der Waals surface area contributed by atoms with E-state index in [1.165, 1.54) is 0 Å². The first-order valence-corrected chi connectivity index (χ1v) is 13.8. The van der Waals surface area contributed by atoms with Crippen molar-refractivity contribution in [3.8, 4) is 17.3 Å². The van der Waals surface area contributed by atoms with Crippen molar-refractivity contribution < 1.29 is 23.9 Å². The number of aromatic amines is 1. The monoisotopic (exact) mass is 554 g/mol. The molecule has 0 bridgehead atoms. The third-order valence-corrected chi connectivity index (χ3v) is 7.81. The van der Waals surface area contributed by atoms with Gasteiger partial charge in [0.05, 0.1) is 30.0 Å². The topological polar surface area (TPSA) is 109 Å². The van der Waals surface area contributed by atoms with Gasteiger partial charge in [0, 0.05) is 27.8 Å². The number of esters is 2. The number of thiophene rings is 1. The van der Waals surface area contributed by atoms with Crippen LogP contribution in [0.2, 0.25) is 0 Å². The molecule has 0 radical (unpaired) electrons. The lowest BCUT2D eigenvalue weighted by Gasteiger charge is -2.06. The second kappa shape index (κ2) is 12.1. The van der Waals surface area contributed by atoms with Crippen LogP contribution in [0, 0.1) is 32.1 Å². The SMILES string of the molecule is CCOC(=O)c1sc(CC(=O)/C(C#N)=C/c2c(-c3ccccc3)[nH]c3c(C)cc(C)cc23)c(C(=O)OCC)c1C. The van der Waals surface area contributed by atoms with Gasteiger partial charge in [0.1, 0.15) is 10.9 Å². The van der Waals surface area contributed by atoms with Crippen molar-refractivity contribution in [2.45, 2.75) is 41.0 Å². The van der Waals surface area contributed by atoms with Gasteiger partial charge < -0.3 is 14.5 Å². The summed E-state index contributed by atoms with van der Waals surface area (Å²) in [4.78, 5) is 43.0. The van der Waals surface area contributed by atoms with Gasteiger partial charge in [0.15, 0.2) is 5.78 Å². The molecule has 8 heteroatoms. The predicted octanol–water partition coefficient (Wildman–Crippen LogP) is 6.89. The molecule has 0 aliphatic rings. The molecule has 4 rings (SSSR count). The van der Waals surface area contributed by atoms with E-state index < -0.39 is 17.7 Å². The number of nitriles is 1. The number of fused-ring (bicyclic) bond motifs is 1. The molecular weight excluding hydrogens is 524 g/mol. The number of hydrogen-bond acceptors (Lipinski definition) is 7. The standard InChI is InChI=1S/C32H30N2O5S/c1-6-38-31(36)27-20(5)30(32(37)39-7-2)40-26(27)16-25(35)22(17-33)15-24-23-14-18(3)13-19(4)28(23)34-29(24)21-11-9-8-10-12-21/h8-15,34H,6-7,16H2,1-5H3/b22-15+. The zero-order chi connectivity index (χ0) is 29.0. The molecule has 2 aromatic heterocycles. The van der Waals surface area contributed by atoms with Crippen LogP contribution in [0.1, 0.15) is 61.0 Å². The Morgan fingerprint density at radius 1 is 1.00 bits per heavy atom. The highest BCUT2D eigenvalue weighted by Gasteiger charge is 2.28. The minimum Gasteiger partial charge on any atom is -0.462 e. The van der Waals surface area contributed by atoms with Crippen LogP contribution in [0.25, 0.3) is 28.2 Å². The lowest BCUT2D eigenvalue weighted by Crippen LogP contribution is -2.12. The van der Waals surface area contributed by atoms with Gasteiger partial charge >= 0.3 is 11.9 Å². The number of carbonyl (C=O) groups excluding carboxylic acids is 3. The number of H-pyrrole nitrogens is 1. The number of hydrogen-bond donors (Lipinski definition) is 1. The summed E-state index contributed by atoms with van der Waals surface area (Å²) >= 11 is 1.02. The van der Waals surface area contributed by atoms with E-state index in [2.05, 4.69) is 17.1 Å². The quantitative estimate of drug-likeness (QED) is 0.137. The van der Waals surface area contributed by atoms with E-state index in [4.69, 9.17) is 9.47 Å². The van der Waals surface area contributed by atoms with Crippen LogP contribution in [-0.2, 0) is 20.7 Å². The average molecular weight is 555 g/mol. The zero-order valence-corrected chi connectivity index (χ0v) is 24.0. The molecule has 0 spiro atoms. The molecule has 0 amide bonds. The molecule has 0 atom stereocenters. The number of nitrogens with one attached hydrogen (secondary N) is 1. The molecular formula is C32H30N2O5S. The highest BCUT2D eigenvalue weighted by Crippen LogP contribution is 2.35. The molecule has 7 nitrogen and oxygen atoms in total. The second-order valence-electron chi connectivity index (χ2n) is 9.35. The maximum atomic E-state index is 13.6. The molecule has 0 saturated carbocycles. The first kappa shape index (κ1) is 28.5. The molecule has 1 N–H and O–H groups in total. The van der Waals surface area contributed by atoms with Crippen molar-refractivity contribution in [1.82, 2.24) is 4.98 Å². The number of allylic oxidation sites excluding steroid dienone is 1. The third kappa shape index (κ3) is 5.61. The second-order valence-corrected chi connectivity index (χ2v) is 10.5. The van der Waals surface area contributed by atoms with Crippen molar-refractivity contribution in [3.63, 3.8) is 0 Å². The summed E-state index contributed by atoms with van der Waals surface area (Å²) in [7, 11) is 0. The van der Waals surface area contributed by atoms with E-state index in [1.807, 2.05) is 50.2 Å². The van der Waals surface area contributed by atoms with Crippen LogP contribution in [0.15, 0.2) is 48.0 Å². The number of ether oxygens (including phenoxy) is 2. The Kier molecular flexibility index (Phi) is 8.66. The Bertz CT molecular complexity index is 1690. The van der Waals surface area contributed by atoms with E-state index >= 15 is 0 Å². The maximum absolute atomic E-state index is 13.6. The van der Waals surface area contributed by atoms with E-state index in [0.717, 1.165) is 50.2 Å². The van der Waals surface area contributed by atoms with Crippen LogP contribution in [0.4, 0.5) is 0 Å². The van der Waals surface area contributed by atoms with Gasteiger partial charge in [0.2, 0.25) is 0 Å². The Morgan fingerprint density at radius 2 is 1.68 bits per heavy atom. The number of rotatable bonds is 9. The number of ketones is 1. The molecule has 0 fully saturated rings. The predicted molar refractivity (Wildman–Crippen MR) is 156 cm³/mol. The number of aryl methyl sites for hydroxylation is 2. The first-order valence-electron chi connectivity index (χ1n) is 13.0. The van der Waals surface area contributed by atoms with Crippen LogP contribution in [0.5, 0.6) is 0 Å². The molecule has 2 aromatic carbocycles. The van der Waals surface area contributed by atoms with Crippen molar-refractivity contribution in [2.24, 2.45) is 0 Å². The fourth-order valence-electron chi connectivity index (χ4n) is 4.78. The summed E-state index contributed by atoms with van der Waals surface area (Å²) in [5.41, 5.74) is 6.01. The fraction of sp³-hybridized carbons (Fsp3) is 0.250. The molecule has 40 heavy (non-hydrogen) atoms. The molecule has 0 unspecified atom stereocenters. The Labute approximate surface area is 237 Å². The summed E-state index contributed by atoms with van der Waals surface area (Å²) in [6.07, 6.45) is 1.37. The molecule has 4 aromatic rings. The molecule has 0 aliphatic heterocycles. The van der Waals surface area contributed by atoms with Crippen LogP contribution in [0.3, 0.4) is 0 Å². The maximum Gasteiger partial charge on any atom is 0.348 e. The first-order chi connectivity index (χ1) is 19.2. The van der Waals surface area contributed by atoms with Crippen molar-refractivity contribution in [1.29, 1.82) is 5.26 Å². The van der Waals surface area contributed by atoms with E-state index in [-0.39, 0.29) is 35.6 Å². The van der Waals surface area contributed by atoms with Crippen LogP contribution in [-0.4, -0.2) is 35.9 Å². The highest BCUT2D eigenvalue weighted by atomic mass is 32.1. The summed E-state index contributed by atoms with van der Waals surface area (Å²) in [6.45, 7) is 9.34. The summed E-state index contributed by atoms with van der Waals surface area (Å²) in [5, 5.41) is 11.0. The lowest BCUT2D eigenvalue weighted by molar-refractivity contribution is -0.114. The summed E-state index contributed by atoms with van der Waals surface area (Å²) in [6, 6.07) is 15.9. The molecule has 204 valence electrons. The molecule has 2 heterocycles. The van der Waals surface area contributed by atoms with E-state index in [1.54, 1.807) is 26.8 Å². The van der Waals surface area contributed by atoms with Gasteiger partial charge in [-0.1, -0.05) is 42.0 Å². The number of aromatic nitrogens is 1. The minimum absolute atomic E-state index is 0.0595. The van der Waals surface area contributed by atoms with Gasteiger partial charge in [-0.05, 0) is 63.5 Å². The normalized spacial score (nSPS) is 11.3. The molecule has 0 saturated heterocycles. The zero-order valence-electron chi connectivity index (χ0n) is 23.1. The van der Waals surface area contributed by atoms with Gasteiger partial charge in [-0.15, -0.1) is 11.3 Å².